The van der Waals surface area contributed by atoms with Crippen molar-refractivity contribution >= 4 is 90.5 Å². The van der Waals surface area contributed by atoms with Crippen molar-refractivity contribution in [3.8, 4) is 11.1 Å². The molecule has 5 heteroatoms. The Morgan fingerprint density at radius 3 is 1.90 bits per heavy atom. The SMILES string of the molecule is Cc1cc2c3c(c1)N(c1cccc4oc5ccccc5c14)c1cc(N4c5ccccc5C5(C)CCCCC45C)ccc1B3c1ccc(C(C)(C)C)cc1N2c1ccc(C(C)(C)C)cc1-c1ccccc1. The number of hydrogen-bond acceptors (Lipinski definition) is 4. The molecule has 2 unspecified atom stereocenters. The number of nitrogens with zero attached hydrogens (tertiary/aromatic N) is 3. The van der Waals surface area contributed by atoms with Gasteiger partial charge in [0.25, 0.3) is 6.71 Å². The number of benzene rings is 8. The van der Waals surface area contributed by atoms with Crippen molar-refractivity contribution < 1.29 is 4.42 Å². The van der Waals surface area contributed by atoms with Crippen LogP contribution in [0.25, 0.3) is 33.1 Å². The van der Waals surface area contributed by atoms with Gasteiger partial charge in [-0.1, -0.05) is 158 Å². The maximum Gasteiger partial charge on any atom is 0.252 e. The molecule has 1 aromatic heterocycles. The molecule has 4 heterocycles. The number of aryl methyl sites for hydroxylation is 1. The molecular weight excluding hydrogens is 850 g/mol. The molecular formula is C65H62BN3O. The average Bonchev–Trinajstić information content (AvgIpc) is 3.83. The van der Waals surface area contributed by atoms with Crippen LogP contribution >= 0.6 is 0 Å². The Balaban J connectivity index is 1.13. The van der Waals surface area contributed by atoms with Crippen LogP contribution in [0.4, 0.5) is 45.5 Å². The predicted octanol–water partition coefficient (Wildman–Crippen LogP) is 16.0. The molecule has 70 heavy (non-hydrogen) atoms. The summed E-state index contributed by atoms with van der Waals surface area (Å²) in [6, 6.07) is 62.5. The summed E-state index contributed by atoms with van der Waals surface area (Å²) < 4.78 is 6.69. The second-order valence-corrected chi connectivity index (χ2v) is 23.3. The highest BCUT2D eigenvalue weighted by molar-refractivity contribution is 7.00. The Morgan fingerprint density at radius 2 is 1.13 bits per heavy atom. The predicted molar refractivity (Wildman–Crippen MR) is 298 cm³/mol. The number of hydrogen-bond donors (Lipinski definition) is 0. The van der Waals surface area contributed by atoms with Gasteiger partial charge < -0.3 is 19.1 Å². The summed E-state index contributed by atoms with van der Waals surface area (Å²) in [5.74, 6) is 0. The van der Waals surface area contributed by atoms with Gasteiger partial charge in [-0.15, -0.1) is 0 Å². The topological polar surface area (TPSA) is 22.9 Å². The lowest BCUT2D eigenvalue weighted by molar-refractivity contribution is 0.195. The smallest absolute Gasteiger partial charge is 0.252 e. The first-order chi connectivity index (χ1) is 33.6. The second kappa shape index (κ2) is 15.0. The lowest BCUT2D eigenvalue weighted by Crippen LogP contribution is -2.61. The molecule has 1 aliphatic carbocycles. The Hall–Kier alpha value is -6.98. The number of para-hydroxylation sites is 2. The molecule has 2 atom stereocenters. The molecule has 4 aliphatic rings. The molecule has 9 aromatic rings. The molecule has 0 N–H and O–H groups in total. The molecule has 4 nitrogen and oxygen atoms in total. The minimum atomic E-state index is -0.0780. The third-order valence-corrected chi connectivity index (χ3v) is 17.1. The first-order valence-electron chi connectivity index (χ1n) is 25.7. The van der Waals surface area contributed by atoms with E-state index in [0.717, 1.165) is 34.0 Å². The molecule has 0 radical (unpaired) electrons. The van der Waals surface area contributed by atoms with Gasteiger partial charge in [0.05, 0.1) is 22.3 Å². The van der Waals surface area contributed by atoms with Crippen molar-refractivity contribution in [2.75, 3.05) is 14.7 Å². The monoisotopic (exact) mass is 911 g/mol. The maximum atomic E-state index is 6.69. The quantitative estimate of drug-likeness (QED) is 0.164. The minimum Gasteiger partial charge on any atom is -0.456 e. The van der Waals surface area contributed by atoms with Crippen LogP contribution in [0, 0.1) is 6.92 Å². The van der Waals surface area contributed by atoms with E-state index in [0.29, 0.717) is 0 Å². The third kappa shape index (κ3) is 6.09. The normalized spacial score (nSPS) is 19.3. The van der Waals surface area contributed by atoms with Crippen molar-refractivity contribution in [3.63, 3.8) is 0 Å². The van der Waals surface area contributed by atoms with E-state index in [1.807, 2.05) is 0 Å². The average molecular weight is 912 g/mol. The maximum absolute atomic E-state index is 6.69. The molecule has 0 bridgehead atoms. The summed E-state index contributed by atoms with van der Waals surface area (Å²) in [6.07, 6.45) is 4.83. The third-order valence-electron chi connectivity index (χ3n) is 17.1. The Kier molecular flexibility index (Phi) is 9.24. The van der Waals surface area contributed by atoms with Crippen molar-refractivity contribution in [2.24, 2.45) is 0 Å². The number of anilines is 8. The number of rotatable bonds is 4. The van der Waals surface area contributed by atoms with Crippen LogP contribution in [0.3, 0.4) is 0 Å². The van der Waals surface area contributed by atoms with Crippen LogP contribution in [0.1, 0.15) is 103 Å². The fraction of sp³-hybridized carbons (Fsp3) is 0.262. The largest absolute Gasteiger partial charge is 0.456 e. The van der Waals surface area contributed by atoms with Crippen LogP contribution in [0.5, 0.6) is 0 Å². The van der Waals surface area contributed by atoms with E-state index >= 15 is 0 Å². The van der Waals surface area contributed by atoms with Gasteiger partial charge in [-0.2, -0.15) is 0 Å². The molecule has 1 saturated carbocycles. The number of furan rings is 1. The van der Waals surface area contributed by atoms with Gasteiger partial charge in [-0.25, -0.2) is 0 Å². The van der Waals surface area contributed by atoms with E-state index in [9.17, 15) is 0 Å². The highest BCUT2D eigenvalue weighted by atomic mass is 16.3. The molecule has 3 aliphatic heterocycles. The molecule has 346 valence electrons. The highest BCUT2D eigenvalue weighted by Crippen LogP contribution is 2.61. The molecule has 0 saturated heterocycles. The van der Waals surface area contributed by atoms with Crippen LogP contribution < -0.4 is 31.1 Å². The lowest BCUT2D eigenvalue weighted by Gasteiger charge is -2.50. The Bertz CT molecular complexity index is 3610. The van der Waals surface area contributed by atoms with Crippen molar-refractivity contribution in [3.05, 3.63) is 186 Å². The van der Waals surface area contributed by atoms with E-state index in [1.165, 1.54) is 109 Å². The molecule has 1 fully saturated rings. The molecule has 0 amide bonds. The molecule has 13 rings (SSSR count). The summed E-state index contributed by atoms with van der Waals surface area (Å²) >= 11 is 0. The first kappa shape index (κ1) is 43.1. The summed E-state index contributed by atoms with van der Waals surface area (Å²) in [6.45, 7) is 21.3. The first-order valence-corrected chi connectivity index (χ1v) is 25.7. The summed E-state index contributed by atoms with van der Waals surface area (Å²) in [4.78, 5) is 7.98. The zero-order valence-electron chi connectivity index (χ0n) is 42.2. The molecule has 8 aromatic carbocycles. The summed E-state index contributed by atoms with van der Waals surface area (Å²) in [5.41, 5.74) is 23.2. The zero-order chi connectivity index (χ0) is 48.1. The van der Waals surface area contributed by atoms with Gasteiger partial charge in [0.1, 0.15) is 11.2 Å². The van der Waals surface area contributed by atoms with Gasteiger partial charge in [0, 0.05) is 50.5 Å². The van der Waals surface area contributed by atoms with E-state index in [2.05, 4.69) is 241 Å². The fourth-order valence-corrected chi connectivity index (χ4v) is 13.3. The lowest BCUT2D eigenvalue weighted by atomic mass is 9.33. The van der Waals surface area contributed by atoms with Gasteiger partial charge in [-0.05, 0) is 148 Å². The number of fused-ring (bicyclic) bond motifs is 10. The minimum absolute atomic E-state index is 0.0260. The van der Waals surface area contributed by atoms with E-state index in [-0.39, 0.29) is 28.5 Å². The fourth-order valence-electron chi connectivity index (χ4n) is 13.3. The summed E-state index contributed by atoms with van der Waals surface area (Å²) in [5, 5.41) is 2.26. The Labute approximate surface area is 414 Å². The van der Waals surface area contributed by atoms with Crippen LogP contribution in [0.15, 0.2) is 168 Å². The highest BCUT2D eigenvalue weighted by Gasteiger charge is 2.58. The van der Waals surface area contributed by atoms with E-state index in [1.54, 1.807) is 0 Å². The second-order valence-electron chi connectivity index (χ2n) is 23.3. The van der Waals surface area contributed by atoms with E-state index in [4.69, 9.17) is 4.42 Å². The van der Waals surface area contributed by atoms with Crippen LogP contribution in [0.2, 0.25) is 0 Å². The zero-order valence-corrected chi connectivity index (χ0v) is 42.2. The van der Waals surface area contributed by atoms with Gasteiger partial charge >= 0.3 is 0 Å². The van der Waals surface area contributed by atoms with Crippen molar-refractivity contribution in [1.82, 2.24) is 0 Å². The van der Waals surface area contributed by atoms with Gasteiger partial charge in [0.15, 0.2) is 0 Å². The van der Waals surface area contributed by atoms with Gasteiger partial charge in [-0.3, -0.25) is 0 Å². The van der Waals surface area contributed by atoms with Gasteiger partial charge in [0.2, 0.25) is 0 Å². The van der Waals surface area contributed by atoms with Crippen LogP contribution in [-0.2, 0) is 16.2 Å². The van der Waals surface area contributed by atoms with Crippen molar-refractivity contribution in [2.45, 2.75) is 110 Å². The molecule has 0 spiro atoms. The standard InChI is InChI=1S/C65H62BN3O/c1-41-36-56-61-57(37-41)68(53-25-19-27-59-60(53)46-22-13-16-26-58(46)70-59)55-40-45(69-52-24-15-14-23-48(52)64(8)34-17-18-35-65(64,69)9)30-32-50(55)66(61)49-31-28-44(63(5,6)7)39-54(49)67(56)51-33-29-43(62(2,3)4)38-47(51)42-20-11-10-12-21-42/h10-16,19-33,36-40H,17-18,34-35H2,1-9H3. The summed E-state index contributed by atoms with van der Waals surface area (Å²) in [7, 11) is 0. The van der Waals surface area contributed by atoms with Crippen LogP contribution in [-0.4, -0.2) is 12.3 Å². The van der Waals surface area contributed by atoms with Crippen molar-refractivity contribution in [1.29, 1.82) is 0 Å². The Morgan fingerprint density at radius 1 is 0.514 bits per heavy atom. The van der Waals surface area contributed by atoms with E-state index < -0.39 is 0 Å².